The Labute approximate surface area is 137 Å². The van der Waals surface area contributed by atoms with Gasteiger partial charge in [0.05, 0.1) is 0 Å². The van der Waals surface area contributed by atoms with E-state index in [1.54, 1.807) is 0 Å². The van der Waals surface area contributed by atoms with Gasteiger partial charge in [-0.2, -0.15) is 0 Å². The Morgan fingerprint density at radius 2 is 1.09 bits per heavy atom. The number of hydrogen-bond acceptors (Lipinski definition) is 5. The average Bonchev–Trinajstić information content (AvgIpc) is 2.49. The minimum Gasteiger partial charge on any atom is -0.373 e. The number of carbonyl (C=O) groups excluding carboxylic acids is 1. The third kappa shape index (κ3) is 14.4. The van der Waals surface area contributed by atoms with Crippen molar-refractivity contribution in [2.45, 2.75) is 78.7 Å². The molecule has 0 atom stereocenters. The normalized spacial score (nSPS) is 10.7. The van der Waals surface area contributed by atoms with Crippen molar-refractivity contribution in [1.29, 1.82) is 5.41 Å². The van der Waals surface area contributed by atoms with Crippen LogP contribution in [-0.4, -0.2) is 34.7 Å². The monoisotopic (exact) mass is 333 g/mol. The Bertz CT molecular complexity index is 232. The fourth-order valence-corrected chi connectivity index (χ4v) is 4.43. The second-order valence-corrected chi connectivity index (χ2v) is 7.87. The van der Waals surface area contributed by atoms with Gasteiger partial charge in [-0.05, 0) is 19.3 Å². The first kappa shape index (κ1) is 23.7. The first-order chi connectivity index (χ1) is 10.7. The van der Waals surface area contributed by atoms with Gasteiger partial charge in [0, 0.05) is 25.9 Å². The van der Waals surface area contributed by atoms with Crippen LogP contribution in [0.1, 0.15) is 72.6 Å². The van der Waals surface area contributed by atoms with Crippen LogP contribution in [0.25, 0.3) is 0 Å². The Morgan fingerprint density at radius 3 is 1.32 bits per heavy atom. The first-order valence-electron chi connectivity index (χ1n) is 8.61. The number of rotatable bonds is 14. The molecule has 0 saturated carbocycles. The highest BCUT2D eigenvalue weighted by Crippen LogP contribution is 2.20. The van der Waals surface area contributed by atoms with E-state index in [1.807, 2.05) is 0 Å². The minimum absolute atomic E-state index is 0.750. The van der Waals surface area contributed by atoms with Gasteiger partial charge in [0.25, 0.3) is 0 Å². The van der Waals surface area contributed by atoms with E-state index in [1.165, 1.54) is 0 Å². The van der Waals surface area contributed by atoms with E-state index in [0.717, 1.165) is 76.9 Å². The summed E-state index contributed by atoms with van der Waals surface area (Å²) in [6.45, 7) is 11.1. The van der Waals surface area contributed by atoms with Crippen LogP contribution in [0.2, 0.25) is 6.04 Å². The maximum absolute atomic E-state index is 8.35. The van der Waals surface area contributed by atoms with Crippen LogP contribution in [-0.2, 0) is 18.1 Å². The van der Waals surface area contributed by atoms with E-state index in [-0.39, 0.29) is 0 Å². The van der Waals surface area contributed by atoms with Crippen molar-refractivity contribution >= 4 is 14.9 Å². The molecule has 0 heterocycles. The quantitative estimate of drug-likeness (QED) is 0.217. The van der Waals surface area contributed by atoms with Gasteiger partial charge in [-0.15, -0.1) is 0 Å². The second-order valence-electron chi connectivity index (χ2n) is 5.14. The van der Waals surface area contributed by atoms with Crippen LogP contribution in [0.5, 0.6) is 0 Å². The van der Waals surface area contributed by atoms with Gasteiger partial charge in [0.2, 0.25) is 6.08 Å². The SMILES string of the molecule is CCCCO[Si](CCC)(OCCCC)OCCCC.N=C=O. The summed E-state index contributed by atoms with van der Waals surface area (Å²) >= 11 is 0. The number of nitrogens with one attached hydrogen (secondary N) is 1. The van der Waals surface area contributed by atoms with Crippen LogP contribution in [0.15, 0.2) is 0 Å². The van der Waals surface area contributed by atoms with Gasteiger partial charge in [-0.1, -0.05) is 53.4 Å². The summed E-state index contributed by atoms with van der Waals surface area (Å²) in [6, 6.07) is 0.949. The van der Waals surface area contributed by atoms with Crippen LogP contribution in [0, 0.1) is 5.41 Å². The summed E-state index contributed by atoms with van der Waals surface area (Å²) in [4.78, 5) is 8.35. The minimum atomic E-state index is -2.41. The molecule has 5 nitrogen and oxygen atoms in total. The zero-order chi connectivity index (χ0) is 17.1. The summed E-state index contributed by atoms with van der Waals surface area (Å²) in [7, 11) is -2.41. The molecule has 0 bridgehead atoms. The number of unbranched alkanes of at least 4 members (excludes halogenated alkanes) is 3. The van der Waals surface area contributed by atoms with Crippen LogP contribution in [0.4, 0.5) is 0 Å². The molecule has 132 valence electrons. The highest BCUT2D eigenvalue weighted by atomic mass is 28.4. The molecule has 0 aromatic carbocycles. The summed E-state index contributed by atoms with van der Waals surface area (Å²) in [5.74, 6) is 0. The Hall–Kier alpha value is -0.523. The smallest absolute Gasteiger partial charge is 0.373 e. The standard InChI is InChI=1S/C15H34O3Si.CHNO/c1-5-9-12-16-19(15-8-4,17-13-10-6-2)18-14-11-7-3;2-1-3/h5-15H2,1-4H3;2H. The topological polar surface area (TPSA) is 68.6 Å². The summed E-state index contributed by atoms with van der Waals surface area (Å²) < 4.78 is 18.3. The molecular formula is C16H35NO4Si. The molecule has 0 spiro atoms. The van der Waals surface area contributed by atoms with E-state index >= 15 is 0 Å². The predicted octanol–water partition coefficient (Wildman–Crippen LogP) is 4.69. The highest BCUT2D eigenvalue weighted by Gasteiger charge is 2.39. The van der Waals surface area contributed by atoms with Gasteiger partial charge in [0.1, 0.15) is 0 Å². The predicted molar refractivity (Wildman–Crippen MR) is 91.8 cm³/mol. The molecule has 0 aliphatic carbocycles. The van der Waals surface area contributed by atoms with E-state index in [4.69, 9.17) is 23.5 Å². The Morgan fingerprint density at radius 1 is 0.773 bits per heavy atom. The maximum atomic E-state index is 8.35. The van der Waals surface area contributed by atoms with E-state index in [2.05, 4.69) is 27.7 Å². The largest absolute Gasteiger partial charge is 0.500 e. The number of hydrogen-bond donors (Lipinski definition) is 1. The lowest BCUT2D eigenvalue weighted by molar-refractivity contribution is 0.0561. The molecule has 0 aromatic rings. The Kier molecular flexibility index (Phi) is 20.0. The highest BCUT2D eigenvalue weighted by molar-refractivity contribution is 6.60. The molecule has 0 fully saturated rings. The van der Waals surface area contributed by atoms with E-state index in [9.17, 15) is 0 Å². The van der Waals surface area contributed by atoms with E-state index < -0.39 is 8.80 Å². The van der Waals surface area contributed by atoms with Gasteiger partial charge >= 0.3 is 8.80 Å². The average molecular weight is 334 g/mol. The molecule has 0 amide bonds. The molecule has 0 radical (unpaired) electrons. The summed E-state index contributed by atoms with van der Waals surface area (Å²) in [6.07, 6.45) is 8.55. The molecule has 6 heteroatoms. The fourth-order valence-electron chi connectivity index (χ4n) is 1.76. The van der Waals surface area contributed by atoms with Crippen LogP contribution in [0.3, 0.4) is 0 Å². The van der Waals surface area contributed by atoms with E-state index in [0.29, 0.717) is 0 Å². The second kappa shape index (κ2) is 18.5. The lowest BCUT2D eigenvalue weighted by Crippen LogP contribution is -2.46. The van der Waals surface area contributed by atoms with Gasteiger partial charge in [-0.25, -0.2) is 10.2 Å². The molecule has 0 aromatic heterocycles. The van der Waals surface area contributed by atoms with Gasteiger partial charge in [-0.3, -0.25) is 0 Å². The first-order valence-corrected chi connectivity index (χ1v) is 10.5. The number of isocyanates is 1. The van der Waals surface area contributed by atoms with Crippen molar-refractivity contribution in [3.8, 4) is 0 Å². The van der Waals surface area contributed by atoms with Crippen LogP contribution >= 0.6 is 0 Å². The summed E-state index contributed by atoms with van der Waals surface area (Å²) in [5.41, 5.74) is 0. The van der Waals surface area contributed by atoms with Crippen molar-refractivity contribution in [1.82, 2.24) is 0 Å². The molecule has 0 aliphatic heterocycles. The zero-order valence-corrected chi connectivity index (χ0v) is 15.9. The van der Waals surface area contributed by atoms with Crippen molar-refractivity contribution in [3.63, 3.8) is 0 Å². The molecule has 1 N–H and O–H groups in total. The van der Waals surface area contributed by atoms with Gasteiger partial charge in [0.15, 0.2) is 0 Å². The third-order valence-corrected chi connectivity index (χ3v) is 6.06. The molecule has 0 rings (SSSR count). The van der Waals surface area contributed by atoms with Gasteiger partial charge < -0.3 is 13.3 Å². The van der Waals surface area contributed by atoms with Crippen molar-refractivity contribution in [2.75, 3.05) is 19.8 Å². The Balaban J connectivity index is 0. The maximum Gasteiger partial charge on any atom is 0.500 e. The lowest BCUT2D eigenvalue weighted by Gasteiger charge is -2.29. The zero-order valence-electron chi connectivity index (χ0n) is 14.9. The molecular weight excluding hydrogens is 298 g/mol. The molecule has 0 saturated heterocycles. The molecule has 0 unspecified atom stereocenters. The molecule has 22 heavy (non-hydrogen) atoms. The lowest BCUT2D eigenvalue weighted by atomic mass is 10.4. The van der Waals surface area contributed by atoms with Crippen molar-refractivity contribution in [3.05, 3.63) is 0 Å². The third-order valence-electron chi connectivity index (χ3n) is 3.02. The van der Waals surface area contributed by atoms with Crippen molar-refractivity contribution in [2.24, 2.45) is 0 Å². The fraction of sp³-hybridized carbons (Fsp3) is 0.938. The van der Waals surface area contributed by atoms with Crippen molar-refractivity contribution < 1.29 is 18.1 Å². The molecule has 0 aliphatic rings. The van der Waals surface area contributed by atoms with Crippen LogP contribution < -0.4 is 0 Å². The summed E-state index contributed by atoms with van der Waals surface area (Å²) in [5, 5.41) is 5.40.